The fourth-order valence-electron chi connectivity index (χ4n) is 3.25. The topological polar surface area (TPSA) is 87.7 Å². The number of aryl methyl sites for hydroxylation is 2. The summed E-state index contributed by atoms with van der Waals surface area (Å²) in [5.74, 6) is 0.241. The third-order valence-corrected chi connectivity index (χ3v) is 4.81. The first-order valence-corrected chi connectivity index (χ1v) is 9.93. The summed E-state index contributed by atoms with van der Waals surface area (Å²) in [6.07, 6.45) is 0.530. The third kappa shape index (κ3) is 5.01. The van der Waals surface area contributed by atoms with E-state index < -0.39 is 0 Å². The molecule has 0 aliphatic carbocycles. The number of rotatable bonds is 5. The molecule has 1 N–H and O–H groups in total. The lowest BCUT2D eigenvalue weighted by molar-refractivity contribution is 0.102. The molecule has 1 saturated heterocycles. The first kappa shape index (κ1) is 20.6. The van der Waals surface area contributed by atoms with Gasteiger partial charge in [0.25, 0.3) is 5.91 Å². The standard InChI is InChI=1S/C21H27N5O3/c1-4-16-8-6-7-9-17(16)23-19(27)18-14-15(3)22-20(24-18)25-10-12-26(13-11-25)21(28)29-5-2/h6-9,14H,4-5,10-13H2,1-3H3,(H,23,27). The molecular formula is C21H27N5O3. The van der Waals surface area contributed by atoms with Crippen molar-refractivity contribution in [2.24, 2.45) is 0 Å². The molecule has 1 aliphatic heterocycles. The van der Waals surface area contributed by atoms with Gasteiger partial charge in [-0.05, 0) is 38.0 Å². The molecule has 0 radical (unpaired) electrons. The lowest BCUT2D eigenvalue weighted by Gasteiger charge is -2.34. The van der Waals surface area contributed by atoms with Gasteiger partial charge >= 0.3 is 6.09 Å². The molecular weight excluding hydrogens is 370 g/mol. The number of para-hydroxylation sites is 1. The van der Waals surface area contributed by atoms with Crippen LogP contribution in [0.2, 0.25) is 0 Å². The van der Waals surface area contributed by atoms with E-state index in [1.54, 1.807) is 17.9 Å². The molecule has 0 bridgehead atoms. The molecule has 154 valence electrons. The summed E-state index contributed by atoms with van der Waals surface area (Å²) in [7, 11) is 0. The van der Waals surface area contributed by atoms with Gasteiger partial charge < -0.3 is 19.9 Å². The van der Waals surface area contributed by atoms with Crippen LogP contribution in [-0.2, 0) is 11.2 Å². The highest BCUT2D eigenvalue weighted by molar-refractivity contribution is 6.03. The van der Waals surface area contributed by atoms with E-state index in [0.717, 1.165) is 23.4 Å². The van der Waals surface area contributed by atoms with Gasteiger partial charge in [0.2, 0.25) is 5.95 Å². The molecule has 2 aromatic rings. The maximum absolute atomic E-state index is 12.8. The number of piperazine rings is 1. The van der Waals surface area contributed by atoms with Crippen molar-refractivity contribution in [1.82, 2.24) is 14.9 Å². The molecule has 1 fully saturated rings. The Bertz CT molecular complexity index is 878. The minimum absolute atomic E-state index is 0.261. The first-order valence-electron chi connectivity index (χ1n) is 9.93. The van der Waals surface area contributed by atoms with E-state index in [2.05, 4.69) is 15.3 Å². The normalized spacial score (nSPS) is 13.9. The van der Waals surface area contributed by atoms with Crippen molar-refractivity contribution in [2.45, 2.75) is 27.2 Å². The van der Waals surface area contributed by atoms with Gasteiger partial charge in [-0.3, -0.25) is 4.79 Å². The molecule has 1 aliphatic rings. The van der Waals surface area contributed by atoms with E-state index >= 15 is 0 Å². The molecule has 29 heavy (non-hydrogen) atoms. The fraction of sp³-hybridized carbons (Fsp3) is 0.429. The van der Waals surface area contributed by atoms with E-state index in [1.807, 2.05) is 43.0 Å². The summed E-state index contributed by atoms with van der Waals surface area (Å²) in [6, 6.07) is 9.42. The van der Waals surface area contributed by atoms with Gasteiger partial charge in [-0.25, -0.2) is 14.8 Å². The van der Waals surface area contributed by atoms with Crippen LogP contribution in [0.4, 0.5) is 16.4 Å². The zero-order valence-electron chi connectivity index (χ0n) is 17.1. The summed E-state index contributed by atoms with van der Waals surface area (Å²) in [4.78, 5) is 37.3. The summed E-state index contributed by atoms with van der Waals surface area (Å²) in [5.41, 5.74) is 2.91. The monoisotopic (exact) mass is 397 g/mol. The molecule has 8 nitrogen and oxygen atoms in total. The third-order valence-electron chi connectivity index (χ3n) is 4.81. The zero-order chi connectivity index (χ0) is 20.8. The Morgan fingerprint density at radius 2 is 1.83 bits per heavy atom. The summed E-state index contributed by atoms with van der Waals surface area (Å²) >= 11 is 0. The van der Waals surface area contributed by atoms with E-state index in [-0.39, 0.29) is 12.0 Å². The zero-order valence-corrected chi connectivity index (χ0v) is 17.1. The fourth-order valence-corrected chi connectivity index (χ4v) is 3.25. The number of amides is 2. The van der Waals surface area contributed by atoms with Crippen molar-refractivity contribution >= 4 is 23.6 Å². The van der Waals surface area contributed by atoms with Gasteiger partial charge in [0.1, 0.15) is 5.69 Å². The molecule has 1 aromatic carbocycles. The van der Waals surface area contributed by atoms with Crippen molar-refractivity contribution in [2.75, 3.05) is 43.0 Å². The second-order valence-corrected chi connectivity index (χ2v) is 6.83. The number of carbonyl (C=O) groups excluding carboxylic acids is 2. The van der Waals surface area contributed by atoms with Gasteiger partial charge in [0.05, 0.1) is 6.61 Å². The SMILES string of the molecule is CCOC(=O)N1CCN(c2nc(C)cc(C(=O)Nc3ccccc3CC)n2)CC1. The van der Waals surface area contributed by atoms with Crippen LogP contribution in [0.5, 0.6) is 0 Å². The van der Waals surface area contributed by atoms with E-state index in [0.29, 0.717) is 44.4 Å². The van der Waals surface area contributed by atoms with Crippen LogP contribution in [0.25, 0.3) is 0 Å². The Hall–Kier alpha value is -3.16. The van der Waals surface area contributed by atoms with Crippen LogP contribution >= 0.6 is 0 Å². The quantitative estimate of drug-likeness (QED) is 0.835. The minimum atomic E-state index is -0.299. The number of benzene rings is 1. The molecule has 0 unspecified atom stereocenters. The number of carbonyl (C=O) groups is 2. The smallest absolute Gasteiger partial charge is 0.409 e. The van der Waals surface area contributed by atoms with Crippen LogP contribution in [0.1, 0.15) is 35.6 Å². The highest BCUT2D eigenvalue weighted by atomic mass is 16.6. The molecule has 0 saturated carbocycles. The molecule has 3 rings (SSSR count). The largest absolute Gasteiger partial charge is 0.450 e. The predicted octanol–water partition coefficient (Wildman–Crippen LogP) is 2.88. The van der Waals surface area contributed by atoms with Gasteiger partial charge in [0, 0.05) is 37.6 Å². The van der Waals surface area contributed by atoms with E-state index in [4.69, 9.17) is 4.74 Å². The Labute approximate surface area is 170 Å². The average Bonchev–Trinajstić information content (AvgIpc) is 2.74. The molecule has 1 aromatic heterocycles. The predicted molar refractivity (Wildman–Crippen MR) is 111 cm³/mol. The van der Waals surface area contributed by atoms with Crippen LogP contribution in [0, 0.1) is 6.92 Å². The van der Waals surface area contributed by atoms with E-state index in [9.17, 15) is 9.59 Å². The summed E-state index contributed by atoms with van der Waals surface area (Å²) in [6.45, 7) is 8.28. The minimum Gasteiger partial charge on any atom is -0.450 e. The van der Waals surface area contributed by atoms with Gasteiger partial charge in [-0.15, -0.1) is 0 Å². The van der Waals surface area contributed by atoms with Crippen molar-refractivity contribution in [1.29, 1.82) is 0 Å². The van der Waals surface area contributed by atoms with Crippen LogP contribution in [0.15, 0.2) is 30.3 Å². The second kappa shape index (κ2) is 9.36. The number of nitrogens with zero attached hydrogens (tertiary/aromatic N) is 4. The van der Waals surface area contributed by atoms with Crippen molar-refractivity contribution < 1.29 is 14.3 Å². The number of aromatic nitrogens is 2. The molecule has 2 amide bonds. The Morgan fingerprint density at radius 1 is 1.10 bits per heavy atom. The Morgan fingerprint density at radius 3 is 2.52 bits per heavy atom. The maximum Gasteiger partial charge on any atom is 0.409 e. The highest BCUT2D eigenvalue weighted by Gasteiger charge is 2.24. The molecule has 0 atom stereocenters. The number of nitrogens with one attached hydrogen (secondary N) is 1. The Balaban J connectivity index is 1.72. The molecule has 0 spiro atoms. The van der Waals surface area contributed by atoms with Crippen molar-refractivity contribution in [3.63, 3.8) is 0 Å². The highest BCUT2D eigenvalue weighted by Crippen LogP contribution is 2.18. The van der Waals surface area contributed by atoms with Crippen molar-refractivity contribution in [3.8, 4) is 0 Å². The van der Waals surface area contributed by atoms with Crippen LogP contribution in [0.3, 0.4) is 0 Å². The molecule has 2 heterocycles. The number of hydrogen-bond donors (Lipinski definition) is 1. The summed E-state index contributed by atoms with van der Waals surface area (Å²) < 4.78 is 5.05. The van der Waals surface area contributed by atoms with Crippen LogP contribution in [-0.4, -0.2) is 59.7 Å². The van der Waals surface area contributed by atoms with Crippen molar-refractivity contribution in [3.05, 3.63) is 47.3 Å². The van der Waals surface area contributed by atoms with Gasteiger partial charge in [-0.2, -0.15) is 0 Å². The average molecular weight is 397 g/mol. The van der Waals surface area contributed by atoms with Crippen LogP contribution < -0.4 is 10.2 Å². The van der Waals surface area contributed by atoms with E-state index in [1.165, 1.54) is 0 Å². The van der Waals surface area contributed by atoms with Gasteiger partial charge in [-0.1, -0.05) is 25.1 Å². The maximum atomic E-state index is 12.8. The summed E-state index contributed by atoms with van der Waals surface area (Å²) in [5, 5.41) is 2.95. The van der Waals surface area contributed by atoms with Gasteiger partial charge in [0.15, 0.2) is 0 Å². The molecule has 8 heteroatoms. The number of ether oxygens (including phenoxy) is 1. The number of anilines is 2. The number of hydrogen-bond acceptors (Lipinski definition) is 6. The lowest BCUT2D eigenvalue weighted by Crippen LogP contribution is -2.49. The lowest BCUT2D eigenvalue weighted by atomic mass is 10.1. The first-order chi connectivity index (χ1) is 14.0. The Kier molecular flexibility index (Phi) is 6.64. The second-order valence-electron chi connectivity index (χ2n) is 6.83.